The van der Waals surface area contributed by atoms with Gasteiger partial charge in [0, 0.05) is 12.6 Å². The van der Waals surface area contributed by atoms with Crippen molar-refractivity contribution in [2.45, 2.75) is 19.8 Å². The van der Waals surface area contributed by atoms with E-state index in [0.717, 1.165) is 30.2 Å². The molecule has 3 nitrogen and oxygen atoms in total. The molecule has 0 radical (unpaired) electrons. The average molecular weight is 200 g/mol. The minimum Gasteiger partial charge on any atom is -0.481 e. The zero-order valence-electron chi connectivity index (χ0n) is 8.37. The average Bonchev–Trinajstić information content (AvgIpc) is 2.37. The van der Waals surface area contributed by atoms with E-state index in [0.29, 0.717) is 0 Å². The Labute approximate surface area is 84.5 Å². The maximum absolute atomic E-state index is 5.27. The van der Waals surface area contributed by atoms with Crippen LogP contribution in [-0.4, -0.2) is 22.6 Å². The van der Waals surface area contributed by atoms with Crippen LogP contribution in [0.15, 0.2) is 0 Å². The summed E-state index contributed by atoms with van der Waals surface area (Å²) >= 11 is 4.19. The molecule has 0 aliphatic carbocycles. The molecule has 0 N–H and O–H groups in total. The SMILES string of the molecule is COc1c(CCCS)c(C)nn1C. The highest BCUT2D eigenvalue weighted by Gasteiger charge is 2.12. The van der Waals surface area contributed by atoms with Gasteiger partial charge < -0.3 is 4.74 Å². The van der Waals surface area contributed by atoms with Crippen molar-refractivity contribution in [3.8, 4) is 5.88 Å². The highest BCUT2D eigenvalue weighted by Crippen LogP contribution is 2.22. The summed E-state index contributed by atoms with van der Waals surface area (Å²) in [4.78, 5) is 0. The van der Waals surface area contributed by atoms with Crippen molar-refractivity contribution in [1.82, 2.24) is 9.78 Å². The molecular weight excluding hydrogens is 184 g/mol. The van der Waals surface area contributed by atoms with Crippen LogP contribution in [-0.2, 0) is 13.5 Å². The number of aryl methyl sites for hydroxylation is 2. The number of ether oxygens (including phenoxy) is 1. The lowest BCUT2D eigenvalue weighted by molar-refractivity contribution is 0.369. The Bertz CT molecular complexity index is 283. The van der Waals surface area contributed by atoms with Gasteiger partial charge in [-0.2, -0.15) is 17.7 Å². The van der Waals surface area contributed by atoms with Crippen LogP contribution < -0.4 is 4.74 Å². The molecule has 1 heterocycles. The van der Waals surface area contributed by atoms with Crippen molar-refractivity contribution >= 4 is 12.6 Å². The molecule has 0 saturated heterocycles. The van der Waals surface area contributed by atoms with Gasteiger partial charge in [-0.15, -0.1) is 0 Å². The normalized spacial score (nSPS) is 10.5. The number of nitrogens with zero attached hydrogens (tertiary/aromatic N) is 2. The second-order valence-corrected chi connectivity index (χ2v) is 3.47. The Morgan fingerprint density at radius 3 is 2.77 bits per heavy atom. The van der Waals surface area contributed by atoms with E-state index >= 15 is 0 Å². The highest BCUT2D eigenvalue weighted by molar-refractivity contribution is 7.80. The lowest BCUT2D eigenvalue weighted by Crippen LogP contribution is -1.97. The molecule has 0 amide bonds. The number of methoxy groups -OCH3 is 1. The molecule has 0 aliphatic heterocycles. The van der Waals surface area contributed by atoms with Crippen LogP contribution in [0.2, 0.25) is 0 Å². The summed E-state index contributed by atoms with van der Waals surface area (Å²) < 4.78 is 7.05. The minimum atomic E-state index is 0.874. The smallest absolute Gasteiger partial charge is 0.214 e. The summed E-state index contributed by atoms with van der Waals surface area (Å²) in [6.45, 7) is 2.01. The molecule has 0 aromatic carbocycles. The first-order valence-electron chi connectivity index (χ1n) is 4.38. The molecular formula is C9H16N2OS. The van der Waals surface area contributed by atoms with Crippen LogP contribution in [0.5, 0.6) is 5.88 Å². The molecule has 13 heavy (non-hydrogen) atoms. The Balaban J connectivity index is 2.89. The molecule has 0 aliphatic rings. The third-order valence-electron chi connectivity index (χ3n) is 2.07. The monoisotopic (exact) mass is 200 g/mol. The molecule has 1 rings (SSSR count). The zero-order chi connectivity index (χ0) is 9.84. The van der Waals surface area contributed by atoms with Gasteiger partial charge in [-0.25, -0.2) is 4.68 Å². The van der Waals surface area contributed by atoms with Gasteiger partial charge in [0.25, 0.3) is 0 Å². The van der Waals surface area contributed by atoms with Crippen molar-refractivity contribution in [2.75, 3.05) is 12.9 Å². The van der Waals surface area contributed by atoms with E-state index < -0.39 is 0 Å². The van der Waals surface area contributed by atoms with Crippen molar-refractivity contribution in [3.63, 3.8) is 0 Å². The van der Waals surface area contributed by atoms with E-state index in [2.05, 4.69) is 17.7 Å². The molecule has 1 aromatic rings. The predicted molar refractivity (Wildman–Crippen MR) is 56.7 cm³/mol. The Hall–Kier alpha value is -0.640. The van der Waals surface area contributed by atoms with E-state index in [9.17, 15) is 0 Å². The van der Waals surface area contributed by atoms with Crippen LogP contribution >= 0.6 is 12.6 Å². The first-order chi connectivity index (χ1) is 6.20. The van der Waals surface area contributed by atoms with E-state index in [-0.39, 0.29) is 0 Å². The summed E-state index contributed by atoms with van der Waals surface area (Å²) in [5.41, 5.74) is 2.26. The molecule has 0 unspecified atom stereocenters. The van der Waals surface area contributed by atoms with Gasteiger partial charge in [0.2, 0.25) is 5.88 Å². The molecule has 0 saturated carbocycles. The van der Waals surface area contributed by atoms with Crippen LogP contribution in [0.3, 0.4) is 0 Å². The highest BCUT2D eigenvalue weighted by atomic mass is 32.1. The summed E-state index contributed by atoms with van der Waals surface area (Å²) in [5, 5.41) is 4.30. The first-order valence-corrected chi connectivity index (χ1v) is 5.01. The first kappa shape index (κ1) is 10.4. The maximum Gasteiger partial charge on any atom is 0.214 e. The third-order valence-corrected chi connectivity index (χ3v) is 2.38. The van der Waals surface area contributed by atoms with Gasteiger partial charge in [-0.05, 0) is 25.5 Å². The Morgan fingerprint density at radius 2 is 2.23 bits per heavy atom. The number of hydrogen-bond acceptors (Lipinski definition) is 3. The van der Waals surface area contributed by atoms with E-state index in [1.54, 1.807) is 11.8 Å². The molecule has 0 fully saturated rings. The molecule has 0 spiro atoms. The topological polar surface area (TPSA) is 27.1 Å². The second kappa shape index (κ2) is 4.56. The van der Waals surface area contributed by atoms with E-state index in [1.807, 2.05) is 14.0 Å². The number of hydrogen-bond donors (Lipinski definition) is 1. The van der Waals surface area contributed by atoms with E-state index in [1.165, 1.54) is 5.56 Å². The van der Waals surface area contributed by atoms with Crippen LogP contribution in [0.25, 0.3) is 0 Å². The van der Waals surface area contributed by atoms with Crippen LogP contribution in [0, 0.1) is 6.92 Å². The number of aromatic nitrogens is 2. The lowest BCUT2D eigenvalue weighted by atomic mass is 10.1. The molecule has 4 heteroatoms. The summed E-state index contributed by atoms with van der Waals surface area (Å²) in [6, 6.07) is 0. The Kier molecular flexibility index (Phi) is 3.66. The predicted octanol–water partition coefficient (Wildman–Crippen LogP) is 1.60. The van der Waals surface area contributed by atoms with E-state index in [4.69, 9.17) is 4.74 Å². The fourth-order valence-corrected chi connectivity index (χ4v) is 1.64. The summed E-state index contributed by atoms with van der Waals surface area (Å²) in [6.07, 6.45) is 2.05. The fraction of sp³-hybridized carbons (Fsp3) is 0.667. The minimum absolute atomic E-state index is 0.874. The standard InChI is InChI=1S/C9H16N2OS/c1-7-8(5-4-6-13)9(12-3)11(2)10-7/h13H,4-6H2,1-3H3. The van der Waals surface area contributed by atoms with Gasteiger partial charge in [0.05, 0.1) is 12.8 Å². The second-order valence-electron chi connectivity index (χ2n) is 3.02. The number of rotatable bonds is 4. The van der Waals surface area contributed by atoms with Crippen molar-refractivity contribution in [2.24, 2.45) is 7.05 Å². The van der Waals surface area contributed by atoms with Gasteiger partial charge in [0.15, 0.2) is 0 Å². The van der Waals surface area contributed by atoms with Crippen LogP contribution in [0.1, 0.15) is 17.7 Å². The molecule has 0 atom stereocenters. The summed E-state index contributed by atoms with van der Waals surface area (Å²) in [7, 11) is 3.58. The molecule has 0 bridgehead atoms. The van der Waals surface area contributed by atoms with Crippen molar-refractivity contribution in [1.29, 1.82) is 0 Å². The molecule has 1 aromatic heterocycles. The summed E-state index contributed by atoms with van der Waals surface area (Å²) in [5.74, 6) is 1.77. The van der Waals surface area contributed by atoms with Crippen molar-refractivity contribution < 1.29 is 4.74 Å². The largest absolute Gasteiger partial charge is 0.481 e. The Morgan fingerprint density at radius 1 is 1.54 bits per heavy atom. The molecule has 74 valence electrons. The van der Waals surface area contributed by atoms with Gasteiger partial charge in [0.1, 0.15) is 0 Å². The third kappa shape index (κ3) is 2.18. The van der Waals surface area contributed by atoms with Gasteiger partial charge >= 0.3 is 0 Å². The van der Waals surface area contributed by atoms with Crippen molar-refractivity contribution in [3.05, 3.63) is 11.3 Å². The quantitative estimate of drug-likeness (QED) is 0.747. The van der Waals surface area contributed by atoms with Gasteiger partial charge in [-0.1, -0.05) is 0 Å². The fourth-order valence-electron chi connectivity index (χ4n) is 1.48. The number of thiol groups is 1. The van der Waals surface area contributed by atoms with Crippen LogP contribution in [0.4, 0.5) is 0 Å². The maximum atomic E-state index is 5.27. The zero-order valence-corrected chi connectivity index (χ0v) is 9.27. The van der Waals surface area contributed by atoms with Gasteiger partial charge in [-0.3, -0.25) is 0 Å². The lowest BCUT2D eigenvalue weighted by Gasteiger charge is -2.03.